The number of pyridine rings is 1. The molecule has 33 heavy (non-hydrogen) atoms. The van der Waals surface area contributed by atoms with Crippen molar-refractivity contribution in [3.63, 3.8) is 0 Å². The zero-order valence-electron chi connectivity index (χ0n) is 18.7. The van der Waals surface area contributed by atoms with Crippen molar-refractivity contribution in [3.05, 3.63) is 96.1 Å². The van der Waals surface area contributed by atoms with Crippen molar-refractivity contribution in [2.24, 2.45) is 11.8 Å². The molecule has 2 unspecified atom stereocenters. The molecule has 0 N–H and O–H groups in total. The summed E-state index contributed by atoms with van der Waals surface area (Å²) in [6.07, 6.45) is 2.91. The number of ether oxygens (including phenoxy) is 2. The minimum absolute atomic E-state index is 0.0460. The third kappa shape index (κ3) is 4.61. The van der Waals surface area contributed by atoms with E-state index in [0.717, 1.165) is 52.7 Å². The van der Waals surface area contributed by atoms with E-state index in [2.05, 4.69) is 36.4 Å². The molecule has 1 fully saturated rings. The molecule has 2 atom stereocenters. The Balaban J connectivity index is 1.30. The summed E-state index contributed by atoms with van der Waals surface area (Å²) in [5.74, 6) is 1.18. The Bertz CT molecular complexity index is 1250. The van der Waals surface area contributed by atoms with Gasteiger partial charge in [-0.3, -0.25) is 4.79 Å². The first kappa shape index (κ1) is 21.2. The van der Waals surface area contributed by atoms with Crippen LogP contribution in [-0.2, 0) is 22.6 Å². The van der Waals surface area contributed by atoms with Crippen molar-refractivity contribution in [2.45, 2.75) is 25.9 Å². The summed E-state index contributed by atoms with van der Waals surface area (Å²) in [6.45, 7) is 0.468. The van der Waals surface area contributed by atoms with Crippen LogP contribution in [0.4, 0.5) is 0 Å². The third-order valence-electron chi connectivity index (χ3n) is 6.61. The molecule has 1 aliphatic carbocycles. The molecule has 0 bridgehead atoms. The van der Waals surface area contributed by atoms with Gasteiger partial charge in [-0.25, -0.2) is 4.98 Å². The minimum atomic E-state index is -0.0781. The van der Waals surface area contributed by atoms with Crippen molar-refractivity contribution >= 4 is 16.9 Å². The third-order valence-corrected chi connectivity index (χ3v) is 6.61. The largest absolute Gasteiger partial charge is 0.489 e. The quantitative estimate of drug-likeness (QED) is 0.322. The van der Waals surface area contributed by atoms with E-state index < -0.39 is 0 Å². The maximum atomic E-state index is 11.8. The summed E-state index contributed by atoms with van der Waals surface area (Å²) in [7, 11) is 1.47. The number of nitrogens with zero attached hydrogens (tertiary/aromatic N) is 1. The number of hydrogen-bond donors (Lipinski definition) is 0. The van der Waals surface area contributed by atoms with Gasteiger partial charge in [0.2, 0.25) is 0 Å². The van der Waals surface area contributed by atoms with Crippen molar-refractivity contribution in [2.75, 3.05) is 7.11 Å². The number of aromatic nitrogens is 1. The molecule has 1 heterocycles. The molecule has 1 aliphatic rings. The molecule has 1 saturated carbocycles. The Morgan fingerprint density at radius 1 is 0.939 bits per heavy atom. The van der Waals surface area contributed by atoms with Gasteiger partial charge in [0, 0.05) is 16.5 Å². The average Bonchev–Trinajstić information content (AvgIpc) is 2.86. The molecule has 4 nitrogen and oxygen atoms in total. The lowest BCUT2D eigenvalue weighted by Crippen LogP contribution is -2.35. The molecule has 0 spiro atoms. The Morgan fingerprint density at radius 2 is 1.70 bits per heavy atom. The van der Waals surface area contributed by atoms with E-state index in [1.165, 1.54) is 12.7 Å². The number of esters is 1. The van der Waals surface area contributed by atoms with Crippen molar-refractivity contribution in [3.8, 4) is 17.0 Å². The highest BCUT2D eigenvalue weighted by Gasteiger charge is 2.37. The van der Waals surface area contributed by atoms with Crippen molar-refractivity contribution in [1.29, 1.82) is 0 Å². The van der Waals surface area contributed by atoms with E-state index in [0.29, 0.717) is 12.5 Å². The Morgan fingerprint density at radius 3 is 2.42 bits per heavy atom. The van der Waals surface area contributed by atoms with Gasteiger partial charge in [0.05, 0.1) is 24.2 Å². The molecule has 0 saturated heterocycles. The molecule has 0 aliphatic heterocycles. The maximum Gasteiger partial charge on any atom is 0.308 e. The number of hydrogen-bond acceptors (Lipinski definition) is 4. The Hall–Kier alpha value is -3.66. The monoisotopic (exact) mass is 437 g/mol. The van der Waals surface area contributed by atoms with E-state index >= 15 is 0 Å². The summed E-state index contributed by atoms with van der Waals surface area (Å²) in [5, 5.41) is 1.10. The van der Waals surface area contributed by atoms with Gasteiger partial charge in [0.25, 0.3) is 0 Å². The summed E-state index contributed by atoms with van der Waals surface area (Å²) >= 11 is 0. The number of carbonyl (C=O) groups excluding carboxylic acids is 1. The molecule has 5 rings (SSSR count). The number of benzene rings is 3. The topological polar surface area (TPSA) is 48.4 Å². The zero-order valence-corrected chi connectivity index (χ0v) is 18.7. The van der Waals surface area contributed by atoms with Gasteiger partial charge in [-0.15, -0.1) is 0 Å². The fourth-order valence-corrected chi connectivity index (χ4v) is 4.58. The standard InChI is InChI=1S/C29H27NO3/c1-32-29(31)26-16-13-22(26)17-20-11-14-24(15-12-20)33-19-23-18-28(21-7-3-2-4-8-21)30-27-10-6-5-9-25(23)27/h2-12,14-15,18,22,26H,13,16-17,19H2,1H3. The van der Waals surface area contributed by atoms with Crippen molar-refractivity contribution < 1.29 is 14.3 Å². The molecule has 0 radical (unpaired) electrons. The van der Waals surface area contributed by atoms with Gasteiger partial charge in [0.15, 0.2) is 0 Å². The second kappa shape index (κ2) is 9.45. The lowest BCUT2D eigenvalue weighted by Gasteiger charge is -2.34. The van der Waals surface area contributed by atoms with Crippen LogP contribution in [0.5, 0.6) is 5.75 Å². The maximum absolute atomic E-state index is 11.8. The predicted molar refractivity (Wildman–Crippen MR) is 130 cm³/mol. The SMILES string of the molecule is COC(=O)C1CCC1Cc1ccc(OCc2cc(-c3ccccc3)nc3ccccc23)cc1. The fourth-order valence-electron chi connectivity index (χ4n) is 4.58. The van der Waals surface area contributed by atoms with Crippen LogP contribution >= 0.6 is 0 Å². The molecule has 3 aromatic carbocycles. The van der Waals surface area contributed by atoms with Gasteiger partial charge in [0.1, 0.15) is 12.4 Å². The molecular weight excluding hydrogens is 410 g/mol. The highest BCUT2D eigenvalue weighted by atomic mass is 16.5. The van der Waals surface area contributed by atoms with Crippen LogP contribution in [0.1, 0.15) is 24.0 Å². The smallest absolute Gasteiger partial charge is 0.308 e. The van der Waals surface area contributed by atoms with Crippen LogP contribution in [0.25, 0.3) is 22.2 Å². The molecule has 4 aromatic rings. The second-order valence-corrected chi connectivity index (χ2v) is 8.65. The molecule has 0 amide bonds. The van der Waals surface area contributed by atoms with Crippen LogP contribution in [0.3, 0.4) is 0 Å². The van der Waals surface area contributed by atoms with Crippen LogP contribution in [0.15, 0.2) is 84.9 Å². The first-order valence-electron chi connectivity index (χ1n) is 11.4. The Labute approximate surface area is 194 Å². The first-order valence-corrected chi connectivity index (χ1v) is 11.4. The summed E-state index contributed by atoms with van der Waals surface area (Å²) in [5.41, 5.74) is 5.34. The minimum Gasteiger partial charge on any atom is -0.489 e. The Kier molecular flexibility index (Phi) is 6.07. The molecule has 1 aromatic heterocycles. The van der Waals surface area contributed by atoms with E-state index in [-0.39, 0.29) is 11.9 Å². The van der Waals surface area contributed by atoms with Crippen LogP contribution in [0.2, 0.25) is 0 Å². The first-order chi connectivity index (χ1) is 16.2. The summed E-state index contributed by atoms with van der Waals surface area (Å²) < 4.78 is 11.1. The number of para-hydroxylation sites is 1. The number of rotatable bonds is 7. The fraction of sp³-hybridized carbons (Fsp3) is 0.241. The number of fused-ring (bicyclic) bond motifs is 1. The lowest BCUT2D eigenvalue weighted by molar-refractivity contribution is -0.151. The normalized spacial score (nSPS) is 17.4. The highest BCUT2D eigenvalue weighted by molar-refractivity contribution is 5.85. The lowest BCUT2D eigenvalue weighted by atomic mass is 9.71. The van der Waals surface area contributed by atoms with Crippen LogP contribution < -0.4 is 4.74 Å². The zero-order chi connectivity index (χ0) is 22.6. The van der Waals surface area contributed by atoms with E-state index in [4.69, 9.17) is 14.5 Å². The number of carbonyl (C=O) groups is 1. The molecule has 4 heteroatoms. The summed E-state index contributed by atoms with van der Waals surface area (Å²) in [6, 6.07) is 28.8. The molecule has 166 valence electrons. The highest BCUT2D eigenvalue weighted by Crippen LogP contribution is 2.37. The van der Waals surface area contributed by atoms with E-state index in [9.17, 15) is 4.79 Å². The second-order valence-electron chi connectivity index (χ2n) is 8.65. The van der Waals surface area contributed by atoms with Gasteiger partial charge in [-0.1, -0.05) is 60.7 Å². The predicted octanol–water partition coefficient (Wildman–Crippen LogP) is 6.22. The van der Waals surface area contributed by atoms with E-state index in [1.54, 1.807) is 0 Å². The summed E-state index contributed by atoms with van der Waals surface area (Å²) in [4.78, 5) is 16.7. The van der Waals surface area contributed by atoms with Crippen LogP contribution in [-0.4, -0.2) is 18.1 Å². The van der Waals surface area contributed by atoms with Gasteiger partial charge < -0.3 is 9.47 Å². The molecular formula is C29H27NO3. The van der Waals surface area contributed by atoms with Gasteiger partial charge in [-0.2, -0.15) is 0 Å². The van der Waals surface area contributed by atoms with Crippen LogP contribution in [0, 0.1) is 11.8 Å². The average molecular weight is 438 g/mol. The van der Waals surface area contributed by atoms with E-state index in [1.807, 2.05) is 48.5 Å². The van der Waals surface area contributed by atoms with Gasteiger partial charge >= 0.3 is 5.97 Å². The number of methoxy groups -OCH3 is 1. The van der Waals surface area contributed by atoms with Crippen molar-refractivity contribution in [1.82, 2.24) is 4.98 Å². The van der Waals surface area contributed by atoms with Gasteiger partial charge in [-0.05, 0) is 55.0 Å².